The Morgan fingerprint density at radius 2 is 1.86 bits per heavy atom. The number of hydrogen-bond acceptors (Lipinski definition) is 5. The molecular weight excluding hydrogens is 292 g/mol. The van der Waals surface area contributed by atoms with Gasteiger partial charge >= 0.3 is 11.7 Å². The molecule has 1 saturated carbocycles. The molecule has 1 aliphatic rings. The van der Waals surface area contributed by atoms with Crippen molar-refractivity contribution < 1.29 is 24.7 Å². The van der Waals surface area contributed by atoms with Crippen molar-refractivity contribution in [2.45, 2.75) is 31.7 Å². The quantitative estimate of drug-likeness (QED) is 0.573. The second-order valence-electron chi connectivity index (χ2n) is 5.32. The molecule has 0 unspecified atom stereocenters. The van der Waals surface area contributed by atoms with E-state index >= 15 is 0 Å². The Morgan fingerprint density at radius 1 is 1.23 bits per heavy atom. The van der Waals surface area contributed by atoms with Gasteiger partial charge in [-0.1, -0.05) is 0 Å². The number of aromatic hydroxyl groups is 1. The number of carboxylic acids is 1. The van der Waals surface area contributed by atoms with Crippen LogP contribution in [0.2, 0.25) is 0 Å². The number of amides is 1. The van der Waals surface area contributed by atoms with Gasteiger partial charge in [-0.25, -0.2) is 0 Å². The van der Waals surface area contributed by atoms with Crippen LogP contribution >= 0.6 is 0 Å². The number of nitrogens with zero attached hydrogens (tertiary/aromatic N) is 1. The lowest BCUT2D eigenvalue weighted by atomic mass is 9.86. The van der Waals surface area contributed by atoms with Crippen LogP contribution in [0.25, 0.3) is 0 Å². The third-order valence-electron chi connectivity index (χ3n) is 3.85. The average molecular weight is 308 g/mol. The Morgan fingerprint density at radius 3 is 2.41 bits per heavy atom. The zero-order valence-corrected chi connectivity index (χ0v) is 11.7. The lowest BCUT2D eigenvalue weighted by molar-refractivity contribution is -0.385. The Balaban J connectivity index is 2.00. The Hall–Kier alpha value is -2.64. The van der Waals surface area contributed by atoms with Gasteiger partial charge < -0.3 is 15.5 Å². The molecule has 0 heterocycles. The molecule has 1 aliphatic carbocycles. The minimum absolute atomic E-state index is 0.0878. The number of carbonyl (C=O) groups excluding carboxylic acids is 1. The van der Waals surface area contributed by atoms with Crippen molar-refractivity contribution in [3.63, 3.8) is 0 Å². The SMILES string of the molecule is O=C(NC1CCC(C(=O)O)CC1)c1ccc(O)c([N+](=O)[O-])c1. The first kappa shape index (κ1) is 15.7. The predicted molar refractivity (Wildman–Crippen MR) is 75.6 cm³/mol. The lowest BCUT2D eigenvalue weighted by Gasteiger charge is -2.26. The van der Waals surface area contributed by atoms with Gasteiger partial charge in [-0.05, 0) is 37.8 Å². The number of rotatable bonds is 4. The number of phenols is 1. The van der Waals surface area contributed by atoms with E-state index in [1.807, 2.05) is 0 Å². The summed E-state index contributed by atoms with van der Waals surface area (Å²) in [5.41, 5.74) is -0.438. The maximum absolute atomic E-state index is 12.1. The second-order valence-corrected chi connectivity index (χ2v) is 5.32. The highest BCUT2D eigenvalue weighted by Gasteiger charge is 2.27. The number of phenolic OH excluding ortho intramolecular Hbond substituents is 1. The van der Waals surface area contributed by atoms with Gasteiger partial charge in [0.15, 0.2) is 5.75 Å². The number of carboxylic acid groups (broad SMARTS) is 1. The highest BCUT2D eigenvalue weighted by Crippen LogP contribution is 2.27. The van der Waals surface area contributed by atoms with Crippen LogP contribution in [-0.2, 0) is 4.79 Å². The summed E-state index contributed by atoms with van der Waals surface area (Å²) in [6, 6.07) is 3.29. The van der Waals surface area contributed by atoms with Crippen LogP contribution in [0.1, 0.15) is 36.0 Å². The molecule has 8 heteroatoms. The average Bonchev–Trinajstić information content (AvgIpc) is 2.47. The first-order valence-electron chi connectivity index (χ1n) is 6.89. The molecule has 0 saturated heterocycles. The van der Waals surface area contributed by atoms with Gasteiger partial charge in [-0.15, -0.1) is 0 Å². The summed E-state index contributed by atoms with van der Waals surface area (Å²) in [5, 5.41) is 31.8. The normalized spacial score (nSPS) is 21.1. The first-order valence-corrected chi connectivity index (χ1v) is 6.89. The monoisotopic (exact) mass is 308 g/mol. The van der Waals surface area contributed by atoms with Gasteiger partial charge in [0.05, 0.1) is 10.8 Å². The number of hydrogen-bond donors (Lipinski definition) is 3. The number of nitro benzene ring substituents is 1. The maximum Gasteiger partial charge on any atom is 0.311 e. The summed E-state index contributed by atoms with van der Waals surface area (Å²) in [6.07, 6.45) is 2.11. The van der Waals surface area contributed by atoms with Crippen LogP contribution in [0.15, 0.2) is 18.2 Å². The van der Waals surface area contributed by atoms with Gasteiger partial charge in [0.25, 0.3) is 5.91 Å². The van der Waals surface area contributed by atoms with E-state index in [9.17, 15) is 24.8 Å². The number of nitrogens with one attached hydrogen (secondary N) is 1. The largest absolute Gasteiger partial charge is 0.502 e. The Bertz CT molecular complexity index is 607. The van der Waals surface area contributed by atoms with E-state index in [1.54, 1.807) is 0 Å². The third kappa shape index (κ3) is 3.51. The van der Waals surface area contributed by atoms with E-state index in [4.69, 9.17) is 5.11 Å². The third-order valence-corrected chi connectivity index (χ3v) is 3.85. The molecule has 2 rings (SSSR count). The maximum atomic E-state index is 12.1. The van der Waals surface area contributed by atoms with E-state index in [0.29, 0.717) is 25.7 Å². The van der Waals surface area contributed by atoms with Crippen molar-refractivity contribution in [3.8, 4) is 5.75 Å². The van der Waals surface area contributed by atoms with Crippen LogP contribution < -0.4 is 5.32 Å². The van der Waals surface area contributed by atoms with Crippen LogP contribution in [0.4, 0.5) is 5.69 Å². The van der Waals surface area contributed by atoms with Crippen molar-refractivity contribution in [1.82, 2.24) is 5.32 Å². The molecule has 22 heavy (non-hydrogen) atoms. The molecule has 1 fully saturated rings. The van der Waals surface area contributed by atoms with Gasteiger partial charge in [0, 0.05) is 17.7 Å². The fraction of sp³-hybridized carbons (Fsp3) is 0.429. The number of aliphatic carboxylic acids is 1. The van der Waals surface area contributed by atoms with Crippen molar-refractivity contribution in [1.29, 1.82) is 0 Å². The predicted octanol–water partition coefficient (Wildman–Crippen LogP) is 1.67. The molecule has 0 aliphatic heterocycles. The van der Waals surface area contributed by atoms with Crippen molar-refractivity contribution in [2.75, 3.05) is 0 Å². The summed E-state index contributed by atoms with van der Waals surface area (Å²) in [5.74, 6) is -2.16. The van der Waals surface area contributed by atoms with Gasteiger partial charge in [0.1, 0.15) is 0 Å². The Labute approximate surface area is 125 Å². The van der Waals surface area contributed by atoms with Crippen molar-refractivity contribution >= 4 is 17.6 Å². The van der Waals surface area contributed by atoms with E-state index in [-0.39, 0.29) is 17.5 Å². The fourth-order valence-corrected chi connectivity index (χ4v) is 2.56. The summed E-state index contributed by atoms with van der Waals surface area (Å²) in [6.45, 7) is 0. The highest BCUT2D eigenvalue weighted by molar-refractivity contribution is 5.95. The first-order chi connectivity index (χ1) is 10.4. The lowest BCUT2D eigenvalue weighted by Crippen LogP contribution is -2.38. The molecule has 1 amide bonds. The highest BCUT2D eigenvalue weighted by atomic mass is 16.6. The number of carbonyl (C=O) groups is 2. The van der Waals surface area contributed by atoms with E-state index in [2.05, 4.69) is 5.32 Å². The fourth-order valence-electron chi connectivity index (χ4n) is 2.56. The van der Waals surface area contributed by atoms with Crippen molar-refractivity contribution in [3.05, 3.63) is 33.9 Å². The summed E-state index contributed by atoms with van der Waals surface area (Å²) in [4.78, 5) is 32.9. The smallest absolute Gasteiger partial charge is 0.311 e. The second kappa shape index (κ2) is 6.42. The summed E-state index contributed by atoms with van der Waals surface area (Å²) < 4.78 is 0. The van der Waals surface area contributed by atoms with E-state index in [0.717, 1.165) is 12.1 Å². The van der Waals surface area contributed by atoms with Crippen LogP contribution in [0.5, 0.6) is 5.75 Å². The van der Waals surface area contributed by atoms with Gasteiger partial charge in [-0.2, -0.15) is 0 Å². The molecule has 3 N–H and O–H groups in total. The molecule has 8 nitrogen and oxygen atoms in total. The van der Waals surface area contributed by atoms with E-state index < -0.39 is 28.2 Å². The van der Waals surface area contributed by atoms with Crippen LogP contribution in [0.3, 0.4) is 0 Å². The van der Waals surface area contributed by atoms with Crippen LogP contribution in [0, 0.1) is 16.0 Å². The summed E-state index contributed by atoms with van der Waals surface area (Å²) in [7, 11) is 0. The van der Waals surface area contributed by atoms with E-state index in [1.165, 1.54) is 6.07 Å². The molecule has 0 aromatic heterocycles. The molecule has 0 atom stereocenters. The molecule has 0 radical (unpaired) electrons. The Kier molecular flexibility index (Phi) is 4.59. The molecule has 0 bridgehead atoms. The standard InChI is InChI=1S/C14H16N2O6/c17-12-6-3-9(7-11(12)16(21)22)13(18)15-10-4-1-8(2-5-10)14(19)20/h3,6-8,10,17H,1-2,4-5H2,(H,15,18)(H,19,20). The van der Waals surface area contributed by atoms with Gasteiger partial charge in [0.2, 0.25) is 0 Å². The zero-order chi connectivity index (χ0) is 16.3. The molecule has 118 valence electrons. The minimum Gasteiger partial charge on any atom is -0.502 e. The number of nitro groups is 1. The molecule has 1 aromatic carbocycles. The topological polar surface area (TPSA) is 130 Å². The van der Waals surface area contributed by atoms with Crippen LogP contribution in [-0.4, -0.2) is 33.1 Å². The molecular formula is C14H16N2O6. The summed E-state index contributed by atoms with van der Waals surface area (Å²) >= 11 is 0. The molecule has 1 aromatic rings. The zero-order valence-electron chi connectivity index (χ0n) is 11.7. The van der Waals surface area contributed by atoms with Gasteiger partial charge in [-0.3, -0.25) is 19.7 Å². The van der Waals surface area contributed by atoms with Crippen molar-refractivity contribution in [2.24, 2.45) is 5.92 Å². The minimum atomic E-state index is -0.820. The number of benzene rings is 1. The molecule has 0 spiro atoms.